The minimum Gasteiger partial charge on any atom is -0.481 e. The second-order valence-corrected chi connectivity index (χ2v) is 9.08. The number of carbonyl (C=O) groups is 3. The van der Waals surface area contributed by atoms with Crippen molar-refractivity contribution < 1.29 is 29.0 Å². The van der Waals surface area contributed by atoms with Crippen LogP contribution in [0.1, 0.15) is 42.7 Å². The number of benzene rings is 2. The van der Waals surface area contributed by atoms with Crippen LogP contribution in [0.15, 0.2) is 48.5 Å². The number of rotatable bonds is 6. The number of hydrogen-bond acceptors (Lipinski definition) is 5. The van der Waals surface area contributed by atoms with Gasteiger partial charge >= 0.3 is 12.1 Å². The normalized spacial score (nSPS) is 23.4. The van der Waals surface area contributed by atoms with Gasteiger partial charge in [-0.2, -0.15) is 0 Å². The van der Waals surface area contributed by atoms with Crippen LogP contribution in [-0.4, -0.2) is 65.9 Å². The molecule has 2 amide bonds. The highest BCUT2D eigenvalue weighted by molar-refractivity contribution is 5.84. The molecule has 8 heteroatoms. The van der Waals surface area contributed by atoms with E-state index >= 15 is 0 Å². The second-order valence-electron chi connectivity index (χ2n) is 9.08. The molecule has 178 valence electrons. The van der Waals surface area contributed by atoms with Crippen molar-refractivity contribution in [2.45, 2.75) is 49.8 Å². The van der Waals surface area contributed by atoms with Gasteiger partial charge in [-0.25, -0.2) is 4.79 Å². The number of carboxylic acids is 1. The number of nitrogens with one attached hydrogen (secondary N) is 1. The van der Waals surface area contributed by atoms with Gasteiger partial charge in [0.15, 0.2) is 6.10 Å². The largest absolute Gasteiger partial charge is 0.481 e. The Kier molecular flexibility index (Phi) is 6.24. The van der Waals surface area contributed by atoms with Crippen LogP contribution in [0.4, 0.5) is 4.79 Å². The van der Waals surface area contributed by atoms with Gasteiger partial charge in [0.2, 0.25) is 0 Å². The van der Waals surface area contributed by atoms with E-state index in [-0.39, 0.29) is 30.9 Å². The predicted molar refractivity (Wildman–Crippen MR) is 123 cm³/mol. The Morgan fingerprint density at radius 2 is 1.71 bits per heavy atom. The van der Waals surface area contributed by atoms with Crippen molar-refractivity contribution in [2.75, 3.05) is 19.8 Å². The first-order valence-corrected chi connectivity index (χ1v) is 11.8. The van der Waals surface area contributed by atoms with Crippen LogP contribution in [-0.2, 0) is 19.1 Å². The first-order valence-electron chi connectivity index (χ1n) is 11.8. The third kappa shape index (κ3) is 4.25. The van der Waals surface area contributed by atoms with E-state index < -0.39 is 24.2 Å². The molecule has 1 aliphatic carbocycles. The average Bonchev–Trinajstić information content (AvgIpc) is 3.55. The Morgan fingerprint density at radius 3 is 2.38 bits per heavy atom. The number of carboxylic acid groups (broad SMARTS) is 1. The van der Waals surface area contributed by atoms with Crippen LogP contribution in [0.3, 0.4) is 0 Å². The molecule has 0 radical (unpaired) electrons. The zero-order chi connectivity index (χ0) is 23.7. The molecular formula is C26H28N2O6. The maximum absolute atomic E-state index is 13.1. The fourth-order valence-corrected chi connectivity index (χ4v) is 5.48. The molecule has 0 saturated carbocycles. The fourth-order valence-electron chi connectivity index (χ4n) is 5.48. The highest BCUT2D eigenvalue weighted by Gasteiger charge is 2.42. The van der Waals surface area contributed by atoms with E-state index in [1.807, 2.05) is 24.3 Å². The van der Waals surface area contributed by atoms with E-state index in [0.29, 0.717) is 26.0 Å². The highest BCUT2D eigenvalue weighted by atomic mass is 16.6. The summed E-state index contributed by atoms with van der Waals surface area (Å²) in [6.45, 7) is 1.05. The number of alkyl carbamates (subject to hydrolysis) is 1. The Balaban J connectivity index is 1.21. The van der Waals surface area contributed by atoms with Gasteiger partial charge in [-0.3, -0.25) is 9.59 Å². The summed E-state index contributed by atoms with van der Waals surface area (Å²) in [4.78, 5) is 38.5. The molecule has 2 heterocycles. The lowest BCUT2D eigenvalue weighted by atomic mass is 9.98. The second kappa shape index (κ2) is 9.46. The Labute approximate surface area is 197 Å². The number of aliphatic carboxylic acids is 1. The van der Waals surface area contributed by atoms with Crippen molar-refractivity contribution in [2.24, 2.45) is 0 Å². The quantitative estimate of drug-likeness (QED) is 0.681. The van der Waals surface area contributed by atoms with Crippen molar-refractivity contribution in [1.82, 2.24) is 10.2 Å². The van der Waals surface area contributed by atoms with E-state index in [9.17, 15) is 14.4 Å². The molecule has 2 N–H and O–H groups in total. The van der Waals surface area contributed by atoms with Crippen LogP contribution in [0, 0.1) is 0 Å². The summed E-state index contributed by atoms with van der Waals surface area (Å²) in [7, 11) is 0. The summed E-state index contributed by atoms with van der Waals surface area (Å²) in [5, 5.41) is 11.9. The van der Waals surface area contributed by atoms with Gasteiger partial charge in [0.25, 0.3) is 5.91 Å². The molecule has 2 saturated heterocycles. The maximum Gasteiger partial charge on any atom is 0.407 e. The van der Waals surface area contributed by atoms with E-state index in [1.54, 1.807) is 4.90 Å². The monoisotopic (exact) mass is 464 g/mol. The summed E-state index contributed by atoms with van der Waals surface area (Å²) in [6, 6.07) is 15.4. The molecule has 0 bridgehead atoms. The zero-order valence-corrected chi connectivity index (χ0v) is 18.8. The summed E-state index contributed by atoms with van der Waals surface area (Å²) in [5.41, 5.74) is 4.58. The average molecular weight is 465 g/mol. The number of fused-ring (bicyclic) bond motifs is 3. The van der Waals surface area contributed by atoms with Gasteiger partial charge in [-0.1, -0.05) is 48.5 Å². The molecule has 8 nitrogen and oxygen atoms in total. The van der Waals surface area contributed by atoms with Gasteiger partial charge in [0.1, 0.15) is 6.61 Å². The number of amides is 2. The van der Waals surface area contributed by atoms with Crippen LogP contribution < -0.4 is 5.32 Å². The number of nitrogens with zero attached hydrogens (tertiary/aromatic N) is 1. The lowest BCUT2D eigenvalue weighted by Gasteiger charge is -2.28. The smallest absolute Gasteiger partial charge is 0.407 e. The molecule has 34 heavy (non-hydrogen) atoms. The van der Waals surface area contributed by atoms with Crippen LogP contribution in [0.25, 0.3) is 11.1 Å². The maximum atomic E-state index is 13.1. The Hall–Kier alpha value is -3.39. The fraction of sp³-hybridized carbons (Fsp3) is 0.423. The third-order valence-electron chi connectivity index (χ3n) is 7.05. The summed E-state index contributed by atoms with van der Waals surface area (Å²) in [6.07, 6.45) is 0.436. The molecule has 2 fully saturated rings. The number of ether oxygens (including phenoxy) is 2. The minimum atomic E-state index is -0.926. The Morgan fingerprint density at radius 1 is 1.03 bits per heavy atom. The van der Waals surface area contributed by atoms with E-state index in [4.69, 9.17) is 14.6 Å². The molecule has 2 aliphatic heterocycles. The molecule has 2 aromatic rings. The lowest BCUT2D eigenvalue weighted by Crippen LogP contribution is -2.51. The van der Waals surface area contributed by atoms with Gasteiger partial charge in [0.05, 0.1) is 12.5 Å². The standard InChI is InChI=1S/C26H28N2O6/c29-23(30)14-16-6-5-12-28(16)25(31)24-22(11-13-33-24)27-26(32)34-15-21-19-9-3-1-7-17(19)18-8-2-4-10-20(18)21/h1-4,7-10,16,21-22,24H,5-6,11-15H2,(H,27,32)(H,29,30)/t16-,22?,24?/m0/s1. The van der Waals surface area contributed by atoms with E-state index in [2.05, 4.69) is 29.6 Å². The van der Waals surface area contributed by atoms with Crippen molar-refractivity contribution in [3.63, 3.8) is 0 Å². The topological polar surface area (TPSA) is 105 Å². The zero-order valence-electron chi connectivity index (χ0n) is 18.8. The van der Waals surface area contributed by atoms with E-state index in [0.717, 1.165) is 28.7 Å². The van der Waals surface area contributed by atoms with Crippen molar-refractivity contribution in [3.8, 4) is 11.1 Å². The molecule has 0 aromatic heterocycles. The molecule has 5 rings (SSSR count). The first-order chi connectivity index (χ1) is 16.5. The third-order valence-corrected chi connectivity index (χ3v) is 7.05. The van der Waals surface area contributed by atoms with Gasteiger partial charge < -0.3 is 24.8 Å². The summed E-state index contributed by atoms with van der Waals surface area (Å²) in [5.74, 6) is -1.23. The van der Waals surface area contributed by atoms with Crippen LogP contribution in [0.5, 0.6) is 0 Å². The molecular weight excluding hydrogens is 436 g/mol. The number of hydrogen-bond donors (Lipinski definition) is 2. The predicted octanol–water partition coefficient (Wildman–Crippen LogP) is 3.15. The molecule has 2 aromatic carbocycles. The summed E-state index contributed by atoms with van der Waals surface area (Å²) < 4.78 is 11.3. The Bertz CT molecular complexity index is 1060. The number of carbonyl (C=O) groups excluding carboxylic acids is 2. The molecule has 3 aliphatic rings. The van der Waals surface area contributed by atoms with Gasteiger partial charge in [0, 0.05) is 25.1 Å². The molecule has 0 spiro atoms. The van der Waals surface area contributed by atoms with Crippen molar-refractivity contribution in [3.05, 3.63) is 59.7 Å². The van der Waals surface area contributed by atoms with Crippen LogP contribution >= 0.6 is 0 Å². The van der Waals surface area contributed by atoms with Crippen LogP contribution in [0.2, 0.25) is 0 Å². The SMILES string of the molecule is O=C(O)C[C@@H]1CCCN1C(=O)C1OCCC1NC(=O)OCC1c2ccccc2-c2ccccc21. The summed E-state index contributed by atoms with van der Waals surface area (Å²) >= 11 is 0. The molecule has 2 unspecified atom stereocenters. The first kappa shape index (κ1) is 22.4. The minimum absolute atomic E-state index is 0.0446. The van der Waals surface area contributed by atoms with Crippen molar-refractivity contribution in [1.29, 1.82) is 0 Å². The molecule has 3 atom stereocenters. The number of likely N-dealkylation sites (tertiary alicyclic amines) is 1. The van der Waals surface area contributed by atoms with Crippen molar-refractivity contribution >= 4 is 18.0 Å². The highest BCUT2D eigenvalue weighted by Crippen LogP contribution is 2.44. The van der Waals surface area contributed by atoms with Gasteiger partial charge in [-0.05, 0) is 41.5 Å². The van der Waals surface area contributed by atoms with Gasteiger partial charge in [-0.15, -0.1) is 0 Å². The lowest BCUT2D eigenvalue weighted by molar-refractivity contribution is -0.145. The van der Waals surface area contributed by atoms with E-state index in [1.165, 1.54) is 0 Å².